The van der Waals surface area contributed by atoms with Crippen molar-refractivity contribution in [2.24, 2.45) is 0 Å². The summed E-state index contributed by atoms with van der Waals surface area (Å²) in [6, 6.07) is 0.396. The number of carbonyl (C=O) groups excluding carboxylic acids is 1. The summed E-state index contributed by atoms with van der Waals surface area (Å²) in [7, 11) is 1.64. The van der Waals surface area contributed by atoms with Crippen molar-refractivity contribution < 1.29 is 14.6 Å². The molecular weight excluding hydrogens is 196 g/mol. The Morgan fingerprint density at radius 1 is 1.73 bits per heavy atom. The Morgan fingerprint density at radius 2 is 2.53 bits per heavy atom. The summed E-state index contributed by atoms with van der Waals surface area (Å²) >= 11 is 0. The van der Waals surface area contributed by atoms with Crippen LogP contribution in [-0.4, -0.2) is 50.0 Å². The molecule has 0 aromatic heterocycles. The zero-order chi connectivity index (χ0) is 11.1. The number of aliphatic hydroxyl groups is 1. The minimum atomic E-state index is 0.132. The van der Waals surface area contributed by atoms with E-state index in [9.17, 15) is 4.79 Å². The van der Waals surface area contributed by atoms with E-state index in [-0.39, 0.29) is 24.6 Å². The molecule has 1 fully saturated rings. The van der Waals surface area contributed by atoms with Gasteiger partial charge in [-0.2, -0.15) is 0 Å². The first-order valence-corrected chi connectivity index (χ1v) is 5.38. The monoisotopic (exact) mass is 216 g/mol. The lowest BCUT2D eigenvalue weighted by atomic mass is 10.2. The van der Waals surface area contributed by atoms with Crippen LogP contribution in [0.1, 0.15) is 19.3 Å². The molecule has 15 heavy (non-hydrogen) atoms. The minimum Gasteiger partial charge on any atom is -0.396 e. The number of rotatable bonds is 7. The Hall–Kier alpha value is -0.650. The largest absolute Gasteiger partial charge is 0.396 e. The lowest BCUT2D eigenvalue weighted by Gasteiger charge is -2.19. The maximum atomic E-state index is 10.9. The Labute approximate surface area is 90.2 Å². The molecule has 2 unspecified atom stereocenters. The fourth-order valence-corrected chi connectivity index (χ4v) is 1.74. The second kappa shape index (κ2) is 6.76. The highest BCUT2D eigenvalue weighted by Crippen LogP contribution is 2.05. The maximum Gasteiger partial charge on any atom is 0.220 e. The second-order valence-corrected chi connectivity index (χ2v) is 3.88. The van der Waals surface area contributed by atoms with E-state index in [2.05, 4.69) is 10.6 Å². The van der Waals surface area contributed by atoms with Crippen molar-refractivity contribution in [3.63, 3.8) is 0 Å². The summed E-state index contributed by atoms with van der Waals surface area (Å²) in [5, 5.41) is 15.0. The molecule has 88 valence electrons. The first-order valence-electron chi connectivity index (χ1n) is 5.38. The number of amides is 1. The van der Waals surface area contributed by atoms with Crippen LogP contribution in [0.3, 0.4) is 0 Å². The number of nitrogens with one attached hydrogen (secondary N) is 2. The Morgan fingerprint density at radius 3 is 3.07 bits per heavy atom. The lowest BCUT2D eigenvalue weighted by Crippen LogP contribution is -2.42. The highest BCUT2D eigenvalue weighted by Gasteiger charge is 2.21. The van der Waals surface area contributed by atoms with E-state index in [1.54, 1.807) is 7.11 Å². The molecule has 0 bridgehead atoms. The smallest absolute Gasteiger partial charge is 0.220 e. The van der Waals surface area contributed by atoms with E-state index in [4.69, 9.17) is 9.84 Å². The SMILES string of the molecule is COCC(CCO)NCC1CCC(=O)N1. The Bertz CT molecular complexity index is 193. The molecule has 1 aliphatic heterocycles. The summed E-state index contributed by atoms with van der Waals surface area (Å²) in [6.45, 7) is 1.49. The standard InChI is InChI=1S/C10H20N2O3/c1-15-7-9(4-5-13)11-6-8-2-3-10(14)12-8/h8-9,11,13H,2-7H2,1H3,(H,12,14). The van der Waals surface area contributed by atoms with Crippen LogP contribution in [0.15, 0.2) is 0 Å². The third kappa shape index (κ3) is 4.59. The van der Waals surface area contributed by atoms with Gasteiger partial charge in [0.15, 0.2) is 0 Å². The van der Waals surface area contributed by atoms with E-state index < -0.39 is 0 Å². The number of methoxy groups -OCH3 is 1. The van der Waals surface area contributed by atoms with Crippen molar-refractivity contribution in [2.45, 2.75) is 31.3 Å². The molecule has 0 spiro atoms. The van der Waals surface area contributed by atoms with E-state index in [0.717, 1.165) is 13.0 Å². The lowest BCUT2D eigenvalue weighted by molar-refractivity contribution is -0.119. The van der Waals surface area contributed by atoms with Gasteiger partial charge in [0.25, 0.3) is 0 Å². The molecule has 1 heterocycles. The molecule has 2 atom stereocenters. The average molecular weight is 216 g/mol. The molecule has 0 radical (unpaired) electrons. The summed E-state index contributed by atoms with van der Waals surface area (Å²) < 4.78 is 5.03. The third-order valence-corrected chi connectivity index (χ3v) is 2.58. The van der Waals surface area contributed by atoms with E-state index in [1.807, 2.05) is 0 Å². The number of aliphatic hydroxyl groups excluding tert-OH is 1. The van der Waals surface area contributed by atoms with Crippen LogP contribution < -0.4 is 10.6 Å². The minimum absolute atomic E-state index is 0.132. The first kappa shape index (κ1) is 12.4. The number of hydrogen-bond acceptors (Lipinski definition) is 4. The predicted octanol–water partition coefficient (Wildman–Crippen LogP) is -0.748. The molecule has 5 nitrogen and oxygen atoms in total. The molecule has 1 amide bonds. The third-order valence-electron chi connectivity index (χ3n) is 2.58. The van der Waals surface area contributed by atoms with Crippen molar-refractivity contribution in [3.05, 3.63) is 0 Å². The number of hydrogen-bond donors (Lipinski definition) is 3. The van der Waals surface area contributed by atoms with Gasteiger partial charge in [-0.3, -0.25) is 4.79 Å². The van der Waals surface area contributed by atoms with Gasteiger partial charge in [0.05, 0.1) is 6.61 Å². The fraction of sp³-hybridized carbons (Fsp3) is 0.900. The van der Waals surface area contributed by atoms with Crippen LogP contribution >= 0.6 is 0 Å². The highest BCUT2D eigenvalue weighted by molar-refractivity contribution is 5.78. The van der Waals surface area contributed by atoms with Gasteiger partial charge in [-0.15, -0.1) is 0 Å². The van der Waals surface area contributed by atoms with Crippen molar-refractivity contribution in [1.29, 1.82) is 0 Å². The molecule has 0 aromatic carbocycles. The molecule has 1 saturated heterocycles. The molecule has 5 heteroatoms. The van der Waals surface area contributed by atoms with Crippen LogP contribution in [0.4, 0.5) is 0 Å². The van der Waals surface area contributed by atoms with Gasteiger partial charge < -0.3 is 20.5 Å². The van der Waals surface area contributed by atoms with Gasteiger partial charge in [0, 0.05) is 38.8 Å². The molecular formula is C10H20N2O3. The molecule has 0 saturated carbocycles. The molecule has 1 aliphatic rings. The van der Waals surface area contributed by atoms with Gasteiger partial charge in [0.1, 0.15) is 0 Å². The van der Waals surface area contributed by atoms with E-state index in [1.165, 1.54) is 0 Å². The van der Waals surface area contributed by atoms with Crippen molar-refractivity contribution >= 4 is 5.91 Å². The molecule has 0 aromatic rings. The van der Waals surface area contributed by atoms with E-state index in [0.29, 0.717) is 19.4 Å². The van der Waals surface area contributed by atoms with Crippen LogP contribution in [0.2, 0.25) is 0 Å². The Kier molecular flexibility index (Phi) is 5.60. The highest BCUT2D eigenvalue weighted by atomic mass is 16.5. The molecule has 1 rings (SSSR count). The summed E-state index contributed by atoms with van der Waals surface area (Å²) in [4.78, 5) is 10.9. The first-order chi connectivity index (χ1) is 7.26. The maximum absolute atomic E-state index is 10.9. The van der Waals surface area contributed by atoms with Crippen LogP contribution in [0.25, 0.3) is 0 Å². The van der Waals surface area contributed by atoms with Crippen LogP contribution in [-0.2, 0) is 9.53 Å². The second-order valence-electron chi connectivity index (χ2n) is 3.88. The summed E-state index contributed by atoms with van der Waals surface area (Å²) in [5.41, 5.74) is 0. The van der Waals surface area contributed by atoms with Gasteiger partial charge >= 0.3 is 0 Å². The van der Waals surface area contributed by atoms with Gasteiger partial charge in [0.2, 0.25) is 5.91 Å². The normalized spacial score (nSPS) is 22.8. The summed E-state index contributed by atoms with van der Waals surface area (Å²) in [6.07, 6.45) is 2.19. The quantitative estimate of drug-likeness (QED) is 0.524. The Balaban J connectivity index is 2.17. The van der Waals surface area contributed by atoms with Crippen molar-refractivity contribution in [2.75, 3.05) is 26.9 Å². The van der Waals surface area contributed by atoms with Crippen molar-refractivity contribution in [1.82, 2.24) is 10.6 Å². The predicted molar refractivity (Wildman–Crippen MR) is 56.5 cm³/mol. The van der Waals surface area contributed by atoms with Crippen LogP contribution in [0.5, 0.6) is 0 Å². The van der Waals surface area contributed by atoms with Gasteiger partial charge in [-0.25, -0.2) is 0 Å². The van der Waals surface area contributed by atoms with Gasteiger partial charge in [-0.05, 0) is 12.8 Å². The topological polar surface area (TPSA) is 70.6 Å². The average Bonchev–Trinajstić information content (AvgIpc) is 2.61. The fourth-order valence-electron chi connectivity index (χ4n) is 1.74. The van der Waals surface area contributed by atoms with Gasteiger partial charge in [-0.1, -0.05) is 0 Å². The van der Waals surface area contributed by atoms with Crippen LogP contribution in [0, 0.1) is 0 Å². The zero-order valence-electron chi connectivity index (χ0n) is 9.16. The molecule has 3 N–H and O–H groups in total. The zero-order valence-corrected chi connectivity index (χ0v) is 9.16. The van der Waals surface area contributed by atoms with Crippen molar-refractivity contribution in [3.8, 4) is 0 Å². The van der Waals surface area contributed by atoms with E-state index >= 15 is 0 Å². The number of carbonyl (C=O) groups is 1. The molecule has 0 aliphatic carbocycles. The summed E-state index contributed by atoms with van der Waals surface area (Å²) in [5.74, 6) is 0.132. The number of ether oxygens (including phenoxy) is 1.